The number of aryl methyl sites for hydroxylation is 2. The maximum absolute atomic E-state index is 11.7. The molecule has 5 heteroatoms. The number of hydrazine groups is 1. The molecule has 0 radical (unpaired) electrons. The number of nitrogen functional groups attached to an aromatic ring is 1. The Morgan fingerprint density at radius 1 is 1.29 bits per heavy atom. The van der Waals surface area contributed by atoms with Gasteiger partial charge in [0.1, 0.15) is 5.69 Å². The van der Waals surface area contributed by atoms with E-state index in [9.17, 15) is 4.79 Å². The van der Waals surface area contributed by atoms with Crippen LogP contribution in [-0.4, -0.2) is 16.1 Å². The summed E-state index contributed by atoms with van der Waals surface area (Å²) in [6.07, 6.45) is 0. The monoisotopic (exact) mass is 230 g/mol. The molecule has 1 aromatic heterocycles. The fraction of sp³-hybridized carbons (Fsp3) is 0.167. The molecule has 0 saturated heterocycles. The zero-order valence-electron chi connectivity index (χ0n) is 9.74. The molecule has 1 aromatic carbocycles. The van der Waals surface area contributed by atoms with Crippen molar-refractivity contribution >= 4 is 5.91 Å². The molecule has 1 heterocycles. The Morgan fingerprint density at radius 2 is 1.94 bits per heavy atom. The molecule has 0 aliphatic rings. The van der Waals surface area contributed by atoms with Crippen molar-refractivity contribution in [3.05, 3.63) is 41.1 Å². The van der Waals surface area contributed by atoms with Crippen LogP contribution in [0.4, 0.5) is 0 Å². The average Bonchev–Trinajstić information content (AvgIpc) is 2.71. The minimum atomic E-state index is -0.341. The first kappa shape index (κ1) is 11.3. The van der Waals surface area contributed by atoms with Crippen molar-refractivity contribution < 1.29 is 4.79 Å². The van der Waals surface area contributed by atoms with Crippen LogP contribution in [0.25, 0.3) is 11.3 Å². The highest BCUT2D eigenvalue weighted by Gasteiger charge is 2.18. The summed E-state index contributed by atoms with van der Waals surface area (Å²) in [5.74, 6) is 4.82. The number of rotatable bonds is 2. The van der Waals surface area contributed by atoms with Crippen LogP contribution in [0.2, 0.25) is 0 Å². The highest BCUT2D eigenvalue weighted by molar-refractivity contribution is 6.00. The van der Waals surface area contributed by atoms with Gasteiger partial charge < -0.3 is 0 Å². The van der Waals surface area contributed by atoms with Crippen LogP contribution >= 0.6 is 0 Å². The van der Waals surface area contributed by atoms with E-state index in [1.54, 1.807) is 6.92 Å². The number of benzene rings is 1. The fourth-order valence-corrected chi connectivity index (χ4v) is 1.70. The molecular weight excluding hydrogens is 216 g/mol. The number of aromatic amines is 1. The number of carbonyl (C=O) groups excluding carboxylic acids is 1. The van der Waals surface area contributed by atoms with E-state index in [0.717, 1.165) is 11.1 Å². The van der Waals surface area contributed by atoms with Gasteiger partial charge in [-0.3, -0.25) is 15.3 Å². The van der Waals surface area contributed by atoms with Crippen molar-refractivity contribution in [2.75, 3.05) is 0 Å². The third-order valence-corrected chi connectivity index (χ3v) is 2.63. The molecule has 0 aliphatic heterocycles. The van der Waals surface area contributed by atoms with Crippen molar-refractivity contribution in [3.63, 3.8) is 0 Å². The van der Waals surface area contributed by atoms with E-state index in [1.165, 1.54) is 0 Å². The molecule has 5 nitrogen and oxygen atoms in total. The van der Waals surface area contributed by atoms with E-state index in [-0.39, 0.29) is 5.91 Å². The topological polar surface area (TPSA) is 83.8 Å². The lowest BCUT2D eigenvalue weighted by atomic mass is 10.0. The quantitative estimate of drug-likeness (QED) is 0.413. The van der Waals surface area contributed by atoms with Gasteiger partial charge in [-0.15, -0.1) is 0 Å². The first-order chi connectivity index (χ1) is 8.13. The lowest BCUT2D eigenvalue weighted by Crippen LogP contribution is -2.30. The van der Waals surface area contributed by atoms with Gasteiger partial charge in [0.25, 0.3) is 5.91 Å². The summed E-state index contributed by atoms with van der Waals surface area (Å²) in [5, 5.41) is 6.94. The number of amides is 1. The summed E-state index contributed by atoms with van der Waals surface area (Å²) >= 11 is 0. The maximum Gasteiger partial charge on any atom is 0.269 e. The normalized spacial score (nSPS) is 10.3. The predicted molar refractivity (Wildman–Crippen MR) is 65.2 cm³/mol. The van der Waals surface area contributed by atoms with E-state index >= 15 is 0 Å². The first-order valence-corrected chi connectivity index (χ1v) is 5.26. The van der Waals surface area contributed by atoms with Crippen molar-refractivity contribution in [1.82, 2.24) is 15.6 Å². The molecule has 0 atom stereocenters. The molecule has 1 amide bonds. The molecule has 4 N–H and O–H groups in total. The number of nitrogens with one attached hydrogen (secondary N) is 2. The van der Waals surface area contributed by atoms with Gasteiger partial charge >= 0.3 is 0 Å². The summed E-state index contributed by atoms with van der Waals surface area (Å²) in [7, 11) is 0. The van der Waals surface area contributed by atoms with Gasteiger partial charge in [-0.1, -0.05) is 29.8 Å². The second kappa shape index (κ2) is 4.39. The molecule has 0 saturated carbocycles. The highest BCUT2D eigenvalue weighted by atomic mass is 16.2. The number of H-pyrrole nitrogens is 1. The number of hydrogen-bond acceptors (Lipinski definition) is 3. The van der Waals surface area contributed by atoms with Crippen molar-refractivity contribution in [1.29, 1.82) is 0 Å². The zero-order valence-corrected chi connectivity index (χ0v) is 9.74. The first-order valence-electron chi connectivity index (χ1n) is 5.26. The van der Waals surface area contributed by atoms with Gasteiger partial charge in [0, 0.05) is 11.3 Å². The summed E-state index contributed by atoms with van der Waals surface area (Å²) in [6.45, 7) is 3.79. The summed E-state index contributed by atoms with van der Waals surface area (Å²) in [4.78, 5) is 11.7. The Hall–Kier alpha value is -2.14. The molecule has 2 rings (SSSR count). The molecule has 17 heavy (non-hydrogen) atoms. The standard InChI is InChI=1S/C12H14N4O/c1-7-3-5-9(6-4-7)11-10(12(17)14-13)8(2)15-16-11/h3-6H,13H2,1-2H3,(H,14,17)(H,15,16). The van der Waals surface area contributed by atoms with Crippen LogP contribution in [0, 0.1) is 13.8 Å². The smallest absolute Gasteiger partial charge is 0.269 e. The third kappa shape index (κ3) is 2.05. The van der Waals surface area contributed by atoms with E-state index < -0.39 is 0 Å². The molecule has 88 valence electrons. The molecule has 0 spiro atoms. The minimum Gasteiger partial charge on any atom is -0.290 e. The Morgan fingerprint density at radius 3 is 2.53 bits per heavy atom. The Labute approximate surface area is 99.0 Å². The van der Waals surface area contributed by atoms with Gasteiger partial charge in [-0.2, -0.15) is 5.10 Å². The minimum absolute atomic E-state index is 0.341. The molecule has 2 aromatic rings. The second-order valence-corrected chi connectivity index (χ2v) is 3.91. The summed E-state index contributed by atoms with van der Waals surface area (Å²) in [5.41, 5.74) is 5.97. The van der Waals surface area contributed by atoms with Crippen molar-refractivity contribution in [3.8, 4) is 11.3 Å². The fourth-order valence-electron chi connectivity index (χ4n) is 1.70. The van der Waals surface area contributed by atoms with Gasteiger partial charge in [0.05, 0.1) is 5.56 Å². The summed E-state index contributed by atoms with van der Waals surface area (Å²) < 4.78 is 0. The van der Waals surface area contributed by atoms with Crippen LogP contribution in [0.3, 0.4) is 0 Å². The molecule has 0 aliphatic carbocycles. The van der Waals surface area contributed by atoms with Gasteiger partial charge in [0.2, 0.25) is 0 Å². The van der Waals surface area contributed by atoms with Crippen molar-refractivity contribution in [2.45, 2.75) is 13.8 Å². The number of aromatic nitrogens is 2. The Kier molecular flexibility index (Phi) is 2.93. The lowest BCUT2D eigenvalue weighted by molar-refractivity contribution is 0.0954. The van der Waals surface area contributed by atoms with E-state index in [0.29, 0.717) is 17.0 Å². The largest absolute Gasteiger partial charge is 0.290 e. The van der Waals surface area contributed by atoms with Crippen LogP contribution in [0.15, 0.2) is 24.3 Å². The van der Waals surface area contributed by atoms with Gasteiger partial charge in [0.15, 0.2) is 0 Å². The Bertz CT molecular complexity index is 542. The molecular formula is C12H14N4O. The van der Waals surface area contributed by atoms with Gasteiger partial charge in [-0.05, 0) is 13.8 Å². The lowest BCUT2D eigenvalue weighted by Gasteiger charge is -2.02. The van der Waals surface area contributed by atoms with Crippen LogP contribution in [0.1, 0.15) is 21.6 Å². The second-order valence-electron chi connectivity index (χ2n) is 3.91. The van der Waals surface area contributed by atoms with Gasteiger partial charge in [-0.25, -0.2) is 5.84 Å². The zero-order chi connectivity index (χ0) is 12.4. The number of nitrogens with two attached hydrogens (primary N) is 1. The van der Waals surface area contributed by atoms with E-state index in [1.807, 2.05) is 31.2 Å². The average molecular weight is 230 g/mol. The van der Waals surface area contributed by atoms with Crippen molar-refractivity contribution in [2.24, 2.45) is 5.84 Å². The molecule has 0 bridgehead atoms. The van der Waals surface area contributed by atoms with E-state index in [4.69, 9.17) is 5.84 Å². The predicted octanol–water partition coefficient (Wildman–Crippen LogP) is 1.30. The maximum atomic E-state index is 11.7. The third-order valence-electron chi connectivity index (χ3n) is 2.63. The Balaban J connectivity index is 2.52. The van der Waals surface area contributed by atoms with E-state index in [2.05, 4.69) is 15.6 Å². The molecule has 0 unspecified atom stereocenters. The summed E-state index contributed by atoms with van der Waals surface area (Å²) in [6, 6.07) is 7.81. The van der Waals surface area contributed by atoms with Crippen LogP contribution < -0.4 is 11.3 Å². The van der Waals surface area contributed by atoms with Crippen LogP contribution in [-0.2, 0) is 0 Å². The number of hydrogen-bond donors (Lipinski definition) is 3. The number of nitrogens with zero attached hydrogens (tertiary/aromatic N) is 1. The highest BCUT2D eigenvalue weighted by Crippen LogP contribution is 2.23. The molecule has 0 fully saturated rings. The SMILES string of the molecule is Cc1ccc(-c2n[nH]c(C)c2C(=O)NN)cc1. The number of carbonyl (C=O) groups is 1. The van der Waals surface area contributed by atoms with Crippen LogP contribution in [0.5, 0.6) is 0 Å².